The predicted molar refractivity (Wildman–Crippen MR) is 291 cm³/mol. The van der Waals surface area contributed by atoms with Crippen molar-refractivity contribution in [2.24, 2.45) is 0 Å². The van der Waals surface area contributed by atoms with Gasteiger partial charge in [-0.05, 0) is 64.7 Å². The van der Waals surface area contributed by atoms with Crippen LogP contribution < -0.4 is 0 Å². The molecule has 4 aromatic heterocycles. The van der Waals surface area contributed by atoms with Crippen LogP contribution in [0.2, 0.25) is 0 Å². The lowest BCUT2D eigenvalue weighted by Gasteiger charge is -2.21. The van der Waals surface area contributed by atoms with Gasteiger partial charge in [-0.3, -0.25) is 0 Å². The lowest BCUT2D eigenvalue weighted by atomic mass is 9.82. The minimum atomic E-state index is -0.158. The number of nitrogens with zero attached hydrogens (tertiary/aromatic N) is 7. The predicted octanol–water partition coefficient (Wildman–Crippen LogP) is 15.8. The van der Waals surface area contributed by atoms with Gasteiger partial charge in [-0.25, -0.2) is 29.9 Å². The Labute approximate surface area is 413 Å². The number of thiophene rings is 1. The summed E-state index contributed by atoms with van der Waals surface area (Å²) in [5.74, 6) is 3.41. The van der Waals surface area contributed by atoms with E-state index in [-0.39, 0.29) is 5.41 Å². The first-order valence-corrected chi connectivity index (χ1v) is 24.7. The molecular formula is C63H41N7S. The lowest BCUT2D eigenvalue weighted by molar-refractivity contribution is 0.661. The summed E-state index contributed by atoms with van der Waals surface area (Å²) in [6.07, 6.45) is 0. The van der Waals surface area contributed by atoms with Gasteiger partial charge >= 0.3 is 0 Å². The summed E-state index contributed by atoms with van der Waals surface area (Å²) in [6, 6.07) is 74.3. The second-order valence-corrected chi connectivity index (χ2v) is 19.7. The standard InChI is InChI=1S/C63H41N7S/c1-63(2)48-27-15-12-25-45(48)55-49(63)33-35-52-56(55)46-26-13-16-28-50(46)70(52)51-34-31-41(36-47(51)62-68-58(39-20-8-4-9-21-39)64-59(69-62)40-22-10-5-11-23-40)60-65-57(38-18-6-3-7-19-38)66-61(67-60)42-30-32-44-43-24-14-17-29-53(43)71-54(44)37-42/h3-37H,1-2H3. The lowest BCUT2D eigenvalue weighted by Crippen LogP contribution is -2.14. The van der Waals surface area contributed by atoms with Gasteiger partial charge in [0.1, 0.15) is 0 Å². The van der Waals surface area contributed by atoms with Crippen molar-refractivity contribution >= 4 is 53.3 Å². The number of hydrogen-bond acceptors (Lipinski definition) is 7. The summed E-state index contributed by atoms with van der Waals surface area (Å²) in [7, 11) is 0. The molecule has 7 nitrogen and oxygen atoms in total. The Morgan fingerprint density at radius 2 is 0.859 bits per heavy atom. The van der Waals surface area contributed by atoms with Gasteiger partial charge in [0.2, 0.25) is 0 Å². The van der Waals surface area contributed by atoms with E-state index in [1.807, 2.05) is 91.0 Å². The van der Waals surface area contributed by atoms with Crippen molar-refractivity contribution in [3.05, 3.63) is 223 Å². The molecule has 0 saturated heterocycles. The molecular weight excluding hydrogens is 887 g/mol. The number of hydrogen-bond donors (Lipinski definition) is 0. The van der Waals surface area contributed by atoms with E-state index < -0.39 is 0 Å². The number of benzene rings is 9. The third-order valence-electron chi connectivity index (χ3n) is 14.1. The van der Waals surface area contributed by atoms with E-state index in [4.69, 9.17) is 29.9 Å². The van der Waals surface area contributed by atoms with Crippen molar-refractivity contribution in [1.29, 1.82) is 0 Å². The van der Waals surface area contributed by atoms with E-state index in [1.165, 1.54) is 53.2 Å². The first kappa shape index (κ1) is 41.0. The zero-order valence-corrected chi connectivity index (χ0v) is 39.6. The summed E-state index contributed by atoms with van der Waals surface area (Å²) in [4.78, 5) is 31.6. The Hall–Kier alpha value is -8.98. The average Bonchev–Trinajstić information content (AvgIpc) is 4.06. The van der Waals surface area contributed by atoms with Gasteiger partial charge in [0, 0.05) is 69.7 Å². The maximum absolute atomic E-state index is 5.36. The molecule has 14 rings (SSSR count). The molecule has 9 aromatic carbocycles. The van der Waals surface area contributed by atoms with Crippen molar-refractivity contribution in [1.82, 2.24) is 34.5 Å². The van der Waals surface area contributed by atoms with E-state index in [1.54, 1.807) is 11.3 Å². The summed E-state index contributed by atoms with van der Waals surface area (Å²) in [6.45, 7) is 4.68. The van der Waals surface area contributed by atoms with Gasteiger partial charge in [-0.1, -0.05) is 184 Å². The van der Waals surface area contributed by atoms with Crippen LogP contribution in [-0.2, 0) is 5.41 Å². The number of aromatic nitrogens is 7. The van der Waals surface area contributed by atoms with Crippen LogP contribution in [0.5, 0.6) is 0 Å². The molecule has 71 heavy (non-hydrogen) atoms. The highest BCUT2D eigenvalue weighted by Crippen LogP contribution is 2.53. The molecule has 0 N–H and O–H groups in total. The normalized spacial score (nSPS) is 12.8. The molecule has 0 saturated carbocycles. The molecule has 0 amide bonds. The van der Waals surface area contributed by atoms with Crippen molar-refractivity contribution < 1.29 is 0 Å². The Bertz CT molecular complexity index is 4200. The zero-order valence-electron chi connectivity index (χ0n) is 38.7. The third kappa shape index (κ3) is 6.63. The van der Waals surface area contributed by atoms with E-state index in [2.05, 4.69) is 140 Å². The fourth-order valence-electron chi connectivity index (χ4n) is 10.7. The summed E-state index contributed by atoms with van der Waals surface area (Å²) in [5.41, 5.74) is 13.4. The minimum absolute atomic E-state index is 0.158. The smallest absolute Gasteiger partial charge is 0.166 e. The fourth-order valence-corrected chi connectivity index (χ4v) is 11.9. The SMILES string of the molecule is CC1(C)c2ccccc2-c2c1ccc1c2c2ccccc2n1-c1ccc(-c2nc(-c3ccccc3)nc(-c3ccc4c(c3)sc3ccccc34)n2)cc1-c1nc(-c2ccccc2)nc(-c2ccccc2)n1. The minimum Gasteiger partial charge on any atom is -0.308 e. The molecule has 0 fully saturated rings. The van der Waals surface area contributed by atoms with Crippen LogP contribution in [0.25, 0.3) is 127 Å². The summed E-state index contributed by atoms with van der Waals surface area (Å²) in [5, 5.41) is 4.87. The van der Waals surface area contributed by atoms with Gasteiger partial charge in [-0.15, -0.1) is 11.3 Å². The molecule has 8 heteroatoms. The van der Waals surface area contributed by atoms with Crippen molar-refractivity contribution in [3.8, 4) is 85.1 Å². The van der Waals surface area contributed by atoms with Crippen LogP contribution >= 0.6 is 11.3 Å². The van der Waals surface area contributed by atoms with Crippen LogP contribution in [-0.4, -0.2) is 34.5 Å². The molecule has 0 atom stereocenters. The molecule has 0 unspecified atom stereocenters. The first-order chi connectivity index (χ1) is 34.9. The maximum atomic E-state index is 5.36. The molecule has 0 radical (unpaired) electrons. The van der Waals surface area contributed by atoms with Crippen LogP contribution in [0.4, 0.5) is 0 Å². The van der Waals surface area contributed by atoms with E-state index in [0.29, 0.717) is 34.9 Å². The zero-order chi connectivity index (χ0) is 47.2. The number of para-hydroxylation sites is 1. The summed E-state index contributed by atoms with van der Waals surface area (Å²) >= 11 is 1.78. The molecule has 0 spiro atoms. The second kappa shape index (κ2) is 16.1. The van der Waals surface area contributed by atoms with Crippen LogP contribution in [0, 0.1) is 0 Å². The topological polar surface area (TPSA) is 82.3 Å². The van der Waals surface area contributed by atoms with Gasteiger partial charge in [0.25, 0.3) is 0 Å². The second-order valence-electron chi connectivity index (χ2n) is 18.7. The van der Waals surface area contributed by atoms with Crippen molar-refractivity contribution in [2.75, 3.05) is 0 Å². The first-order valence-electron chi connectivity index (χ1n) is 23.9. The Kier molecular flexibility index (Phi) is 9.28. The molecule has 1 aliphatic rings. The summed E-state index contributed by atoms with van der Waals surface area (Å²) < 4.78 is 4.82. The van der Waals surface area contributed by atoms with E-state index in [0.717, 1.165) is 50.1 Å². The largest absolute Gasteiger partial charge is 0.308 e. The Balaban J connectivity index is 1.05. The monoisotopic (exact) mass is 927 g/mol. The highest BCUT2D eigenvalue weighted by molar-refractivity contribution is 7.25. The quantitative estimate of drug-likeness (QED) is 0.158. The van der Waals surface area contributed by atoms with Gasteiger partial charge in [0.15, 0.2) is 34.9 Å². The van der Waals surface area contributed by atoms with Crippen molar-refractivity contribution in [2.45, 2.75) is 19.3 Å². The van der Waals surface area contributed by atoms with Crippen molar-refractivity contribution in [3.63, 3.8) is 0 Å². The molecule has 4 heterocycles. The number of fused-ring (bicyclic) bond motifs is 10. The average molecular weight is 928 g/mol. The highest BCUT2D eigenvalue weighted by atomic mass is 32.1. The maximum Gasteiger partial charge on any atom is 0.166 e. The van der Waals surface area contributed by atoms with Gasteiger partial charge in [0.05, 0.1) is 16.7 Å². The third-order valence-corrected chi connectivity index (χ3v) is 15.3. The Morgan fingerprint density at radius 1 is 0.352 bits per heavy atom. The molecule has 0 aliphatic heterocycles. The van der Waals surface area contributed by atoms with Crippen LogP contribution in [0.3, 0.4) is 0 Å². The Morgan fingerprint density at radius 3 is 1.52 bits per heavy atom. The molecule has 0 bridgehead atoms. The van der Waals surface area contributed by atoms with E-state index >= 15 is 0 Å². The fraction of sp³-hybridized carbons (Fsp3) is 0.0476. The van der Waals surface area contributed by atoms with E-state index in [9.17, 15) is 0 Å². The van der Waals surface area contributed by atoms with Gasteiger partial charge < -0.3 is 4.57 Å². The number of rotatable bonds is 7. The molecule has 334 valence electrons. The van der Waals surface area contributed by atoms with Crippen LogP contribution in [0.15, 0.2) is 212 Å². The highest BCUT2D eigenvalue weighted by Gasteiger charge is 2.37. The van der Waals surface area contributed by atoms with Crippen LogP contribution in [0.1, 0.15) is 25.0 Å². The van der Waals surface area contributed by atoms with Gasteiger partial charge in [-0.2, -0.15) is 0 Å². The molecule has 1 aliphatic carbocycles. The molecule has 13 aromatic rings.